The van der Waals surface area contributed by atoms with Gasteiger partial charge in [-0.1, -0.05) is 0 Å². The predicted molar refractivity (Wildman–Crippen MR) is 71.1 cm³/mol. The van der Waals surface area contributed by atoms with Crippen molar-refractivity contribution >= 4 is 33.4 Å². The lowest BCUT2D eigenvalue weighted by Gasteiger charge is -2.09. The van der Waals surface area contributed by atoms with Gasteiger partial charge in [-0.05, 0) is 41.1 Å². The molecule has 0 radical (unpaired) electrons. The number of aromatic nitrogens is 2. The maximum absolute atomic E-state index is 13.7. The van der Waals surface area contributed by atoms with Crippen LogP contribution in [-0.2, 0) is 0 Å². The molecule has 0 amide bonds. The fourth-order valence-corrected chi connectivity index (χ4v) is 1.90. The molecule has 1 aromatic carbocycles. The van der Waals surface area contributed by atoms with Crippen LogP contribution in [-0.4, -0.2) is 21.0 Å². The van der Waals surface area contributed by atoms with E-state index in [-0.39, 0.29) is 17.1 Å². The van der Waals surface area contributed by atoms with Crippen molar-refractivity contribution < 1.29 is 14.3 Å². The number of rotatable bonds is 3. The molecule has 2 rings (SSSR count). The summed E-state index contributed by atoms with van der Waals surface area (Å²) >= 11 is 3.22. The zero-order chi connectivity index (χ0) is 14.0. The number of benzene rings is 1. The largest absolute Gasteiger partial charge is 0.478 e. The second-order valence-electron chi connectivity index (χ2n) is 3.75. The molecule has 19 heavy (non-hydrogen) atoms. The van der Waals surface area contributed by atoms with Crippen LogP contribution >= 0.6 is 15.9 Å². The molecule has 0 bridgehead atoms. The molecule has 2 N–H and O–H groups in total. The lowest BCUT2D eigenvalue weighted by Crippen LogP contribution is -2.02. The number of carboxylic acids is 1. The molecule has 1 heterocycles. The summed E-state index contributed by atoms with van der Waals surface area (Å²) in [6, 6.07) is 4.38. The molecule has 7 heteroatoms. The molecule has 0 aliphatic heterocycles. The summed E-state index contributed by atoms with van der Waals surface area (Å²) in [5.41, 5.74) is 0.884. The Labute approximate surface area is 116 Å². The highest BCUT2D eigenvalue weighted by Gasteiger charge is 2.11. The van der Waals surface area contributed by atoms with Gasteiger partial charge in [0.2, 0.25) is 0 Å². The lowest BCUT2D eigenvalue weighted by atomic mass is 10.2. The molecule has 0 atom stereocenters. The van der Waals surface area contributed by atoms with Gasteiger partial charge >= 0.3 is 5.97 Å². The van der Waals surface area contributed by atoms with E-state index in [1.54, 1.807) is 0 Å². The number of carboxylic acid groups (broad SMARTS) is 1. The summed E-state index contributed by atoms with van der Waals surface area (Å²) in [5.74, 6) is -1.54. The van der Waals surface area contributed by atoms with E-state index in [0.29, 0.717) is 10.2 Å². The zero-order valence-corrected chi connectivity index (χ0v) is 11.4. The van der Waals surface area contributed by atoms with Crippen LogP contribution in [0.2, 0.25) is 0 Å². The summed E-state index contributed by atoms with van der Waals surface area (Å²) in [7, 11) is 0. The van der Waals surface area contributed by atoms with Gasteiger partial charge < -0.3 is 10.4 Å². The van der Waals surface area contributed by atoms with E-state index < -0.39 is 11.8 Å². The Balaban J connectivity index is 2.34. The fraction of sp³-hybridized carbons (Fsp3) is 0.0833. The molecule has 0 saturated carbocycles. The monoisotopic (exact) mass is 325 g/mol. The number of nitrogens with zero attached hydrogens (tertiary/aromatic N) is 2. The second kappa shape index (κ2) is 5.31. The number of aromatic carboxylic acids is 1. The number of anilines is 2. The Kier molecular flexibility index (Phi) is 3.75. The van der Waals surface area contributed by atoms with Crippen LogP contribution < -0.4 is 5.32 Å². The molecule has 0 unspecified atom stereocenters. The molecule has 1 aromatic heterocycles. The zero-order valence-electron chi connectivity index (χ0n) is 9.82. The van der Waals surface area contributed by atoms with Crippen molar-refractivity contribution in [2.24, 2.45) is 0 Å². The van der Waals surface area contributed by atoms with Gasteiger partial charge in [-0.15, -0.1) is 0 Å². The van der Waals surface area contributed by atoms with Gasteiger partial charge in [-0.3, -0.25) is 0 Å². The molecule has 0 aliphatic rings. The van der Waals surface area contributed by atoms with E-state index in [9.17, 15) is 9.18 Å². The van der Waals surface area contributed by atoms with Gasteiger partial charge in [-0.2, -0.15) is 0 Å². The van der Waals surface area contributed by atoms with Crippen molar-refractivity contribution in [3.63, 3.8) is 0 Å². The van der Waals surface area contributed by atoms with E-state index in [1.807, 2.05) is 0 Å². The third-order valence-electron chi connectivity index (χ3n) is 2.43. The van der Waals surface area contributed by atoms with Gasteiger partial charge in [-0.25, -0.2) is 19.2 Å². The summed E-state index contributed by atoms with van der Waals surface area (Å²) in [6.45, 7) is 1.53. The number of aryl methyl sites for hydroxylation is 1. The number of carbonyl (C=O) groups is 1. The Hall–Kier alpha value is -2.02. The standard InChI is InChI=1S/C12H9BrFN3O2/c1-6-10(14)11(16-5-15-6)17-9-3-2-7(12(18)19)4-8(9)13/h2-5H,1H3,(H,18,19)(H,15,16,17). The number of halogens is 2. The lowest BCUT2D eigenvalue weighted by molar-refractivity contribution is 0.0697. The van der Waals surface area contributed by atoms with E-state index in [4.69, 9.17) is 5.11 Å². The van der Waals surface area contributed by atoms with Crippen LogP contribution in [0.5, 0.6) is 0 Å². The minimum absolute atomic E-state index is 0.0382. The molecule has 98 valence electrons. The van der Waals surface area contributed by atoms with Crippen molar-refractivity contribution in [2.75, 3.05) is 5.32 Å². The van der Waals surface area contributed by atoms with Gasteiger partial charge in [0.05, 0.1) is 16.9 Å². The molecule has 0 saturated heterocycles. The SMILES string of the molecule is Cc1ncnc(Nc2ccc(C(=O)O)cc2Br)c1F. The Morgan fingerprint density at radius 1 is 1.42 bits per heavy atom. The van der Waals surface area contributed by atoms with Crippen molar-refractivity contribution in [2.45, 2.75) is 6.92 Å². The smallest absolute Gasteiger partial charge is 0.335 e. The van der Waals surface area contributed by atoms with Gasteiger partial charge in [0.25, 0.3) is 0 Å². The molecule has 2 aromatic rings. The fourth-order valence-electron chi connectivity index (χ4n) is 1.42. The van der Waals surface area contributed by atoms with Crippen molar-refractivity contribution in [1.29, 1.82) is 0 Å². The minimum atomic E-state index is -1.03. The summed E-state index contributed by atoms with van der Waals surface area (Å²) in [6.07, 6.45) is 1.25. The van der Waals surface area contributed by atoms with Gasteiger partial charge in [0.1, 0.15) is 6.33 Å². The van der Waals surface area contributed by atoms with Crippen LogP contribution in [0.25, 0.3) is 0 Å². The van der Waals surface area contributed by atoms with Crippen molar-refractivity contribution in [3.8, 4) is 0 Å². The highest BCUT2D eigenvalue weighted by Crippen LogP contribution is 2.27. The Morgan fingerprint density at radius 2 is 2.16 bits per heavy atom. The van der Waals surface area contributed by atoms with Crippen LogP contribution in [0.1, 0.15) is 16.1 Å². The number of nitrogens with one attached hydrogen (secondary N) is 1. The summed E-state index contributed by atoms with van der Waals surface area (Å²) in [5, 5.41) is 11.6. The normalized spacial score (nSPS) is 10.3. The van der Waals surface area contributed by atoms with E-state index in [1.165, 1.54) is 31.5 Å². The maximum Gasteiger partial charge on any atom is 0.335 e. The predicted octanol–water partition coefficient (Wildman–Crippen LogP) is 3.13. The number of hydrogen-bond acceptors (Lipinski definition) is 4. The first-order chi connectivity index (χ1) is 8.99. The van der Waals surface area contributed by atoms with Crippen LogP contribution in [0.3, 0.4) is 0 Å². The molecule has 0 fully saturated rings. The third kappa shape index (κ3) is 2.87. The van der Waals surface area contributed by atoms with Gasteiger partial charge in [0.15, 0.2) is 11.6 Å². The maximum atomic E-state index is 13.7. The number of hydrogen-bond donors (Lipinski definition) is 2. The molecule has 0 spiro atoms. The Bertz CT molecular complexity index is 649. The minimum Gasteiger partial charge on any atom is -0.478 e. The first-order valence-electron chi connectivity index (χ1n) is 5.26. The van der Waals surface area contributed by atoms with E-state index >= 15 is 0 Å². The average molecular weight is 326 g/mol. The molecule has 0 aliphatic carbocycles. The van der Waals surface area contributed by atoms with Crippen LogP contribution in [0, 0.1) is 12.7 Å². The van der Waals surface area contributed by atoms with E-state index in [0.717, 1.165) is 0 Å². The highest BCUT2D eigenvalue weighted by molar-refractivity contribution is 9.10. The van der Waals surface area contributed by atoms with E-state index in [2.05, 4.69) is 31.2 Å². The molecular weight excluding hydrogens is 317 g/mol. The molecule has 5 nitrogen and oxygen atoms in total. The van der Waals surface area contributed by atoms with Crippen molar-refractivity contribution in [1.82, 2.24) is 9.97 Å². The average Bonchev–Trinajstić information content (AvgIpc) is 2.37. The van der Waals surface area contributed by atoms with Crippen LogP contribution in [0.4, 0.5) is 15.9 Å². The summed E-state index contributed by atoms with van der Waals surface area (Å²) in [4.78, 5) is 18.3. The second-order valence-corrected chi connectivity index (χ2v) is 4.60. The van der Waals surface area contributed by atoms with Gasteiger partial charge in [0, 0.05) is 4.47 Å². The topological polar surface area (TPSA) is 75.1 Å². The quantitative estimate of drug-likeness (QED) is 0.906. The first kappa shape index (κ1) is 13.4. The summed E-state index contributed by atoms with van der Waals surface area (Å²) < 4.78 is 14.2. The van der Waals surface area contributed by atoms with Crippen LogP contribution in [0.15, 0.2) is 29.0 Å². The highest BCUT2D eigenvalue weighted by atomic mass is 79.9. The van der Waals surface area contributed by atoms with Crippen molar-refractivity contribution in [3.05, 3.63) is 46.1 Å². The molecular formula is C12H9BrFN3O2. The Morgan fingerprint density at radius 3 is 2.79 bits per heavy atom. The first-order valence-corrected chi connectivity index (χ1v) is 6.05. The third-order valence-corrected chi connectivity index (χ3v) is 3.09.